The van der Waals surface area contributed by atoms with Gasteiger partial charge in [-0.2, -0.15) is 0 Å². The predicted molar refractivity (Wildman–Crippen MR) is 90.4 cm³/mol. The summed E-state index contributed by atoms with van der Waals surface area (Å²) >= 11 is 5.84. The minimum atomic E-state index is -0.464. The zero-order chi connectivity index (χ0) is 15.6. The molecule has 1 unspecified atom stereocenters. The lowest BCUT2D eigenvalue weighted by atomic mass is 10.1. The first-order valence-electron chi connectivity index (χ1n) is 6.89. The van der Waals surface area contributed by atoms with Crippen LogP contribution < -0.4 is 16.0 Å². The molecule has 1 aromatic rings. The predicted octanol–water partition coefficient (Wildman–Crippen LogP) is 1.97. The summed E-state index contributed by atoms with van der Waals surface area (Å²) in [5, 5.41) is 3.42. The van der Waals surface area contributed by atoms with Gasteiger partial charge < -0.3 is 16.0 Å². The van der Waals surface area contributed by atoms with Gasteiger partial charge in [-0.15, -0.1) is 12.4 Å². The number of nitrogens with one attached hydrogen (secondary N) is 1. The van der Waals surface area contributed by atoms with Gasteiger partial charge in [0.1, 0.15) is 0 Å². The zero-order valence-electron chi connectivity index (χ0n) is 12.6. The van der Waals surface area contributed by atoms with E-state index in [0.717, 1.165) is 5.69 Å². The molecule has 1 aliphatic rings. The van der Waals surface area contributed by atoms with E-state index < -0.39 is 5.54 Å². The van der Waals surface area contributed by atoms with E-state index in [4.69, 9.17) is 17.3 Å². The molecule has 5 nitrogen and oxygen atoms in total. The van der Waals surface area contributed by atoms with Crippen molar-refractivity contribution >= 4 is 41.5 Å². The second-order valence-corrected chi connectivity index (χ2v) is 6.52. The van der Waals surface area contributed by atoms with Crippen LogP contribution >= 0.6 is 24.0 Å². The summed E-state index contributed by atoms with van der Waals surface area (Å²) in [6.45, 7) is 4.45. The van der Waals surface area contributed by atoms with Crippen molar-refractivity contribution in [1.29, 1.82) is 0 Å². The normalized spacial score (nSPS) is 18.1. The largest absolute Gasteiger partial charge is 0.354 e. The summed E-state index contributed by atoms with van der Waals surface area (Å²) < 4.78 is 0. The lowest BCUT2D eigenvalue weighted by molar-refractivity contribution is -0.126. The monoisotopic (exact) mass is 345 g/mol. The Hall–Kier alpha value is -1.30. The van der Waals surface area contributed by atoms with E-state index in [1.165, 1.54) is 0 Å². The fourth-order valence-electron chi connectivity index (χ4n) is 2.21. The first kappa shape index (κ1) is 18.7. The highest BCUT2D eigenvalue weighted by atomic mass is 35.5. The van der Waals surface area contributed by atoms with Crippen molar-refractivity contribution in [2.45, 2.75) is 25.8 Å². The lowest BCUT2D eigenvalue weighted by Crippen LogP contribution is -2.46. The maximum Gasteiger partial charge on any atom is 0.227 e. The summed E-state index contributed by atoms with van der Waals surface area (Å²) in [5.41, 5.74) is 6.14. The quantitative estimate of drug-likeness (QED) is 0.875. The minimum Gasteiger partial charge on any atom is -0.354 e. The molecule has 1 fully saturated rings. The molecule has 1 atom stereocenters. The minimum absolute atomic E-state index is 0. The van der Waals surface area contributed by atoms with Crippen molar-refractivity contribution in [3.63, 3.8) is 0 Å². The maximum absolute atomic E-state index is 12.1. The van der Waals surface area contributed by atoms with Gasteiger partial charge in [-0.3, -0.25) is 9.59 Å². The van der Waals surface area contributed by atoms with E-state index >= 15 is 0 Å². The van der Waals surface area contributed by atoms with Crippen molar-refractivity contribution < 1.29 is 9.59 Å². The first-order valence-corrected chi connectivity index (χ1v) is 7.26. The number of hydrogen-bond donors (Lipinski definition) is 2. The van der Waals surface area contributed by atoms with Gasteiger partial charge in [0.15, 0.2) is 0 Å². The highest BCUT2D eigenvalue weighted by Gasteiger charge is 2.35. The Kier molecular flexibility index (Phi) is 6.23. The van der Waals surface area contributed by atoms with Crippen molar-refractivity contribution in [2.75, 3.05) is 18.0 Å². The van der Waals surface area contributed by atoms with Crippen LogP contribution in [0.15, 0.2) is 24.3 Å². The van der Waals surface area contributed by atoms with Gasteiger partial charge >= 0.3 is 0 Å². The second-order valence-electron chi connectivity index (χ2n) is 6.09. The van der Waals surface area contributed by atoms with Crippen molar-refractivity contribution in [2.24, 2.45) is 11.7 Å². The van der Waals surface area contributed by atoms with Gasteiger partial charge in [-0.05, 0) is 38.1 Å². The van der Waals surface area contributed by atoms with Crippen LogP contribution in [0.25, 0.3) is 0 Å². The number of carbonyl (C=O) groups excluding carboxylic acids is 2. The molecule has 0 saturated carbocycles. The maximum atomic E-state index is 12.1. The van der Waals surface area contributed by atoms with Gasteiger partial charge in [0.2, 0.25) is 11.8 Å². The van der Waals surface area contributed by atoms with E-state index in [1.54, 1.807) is 29.2 Å². The molecule has 0 radical (unpaired) electrons. The summed E-state index contributed by atoms with van der Waals surface area (Å²) in [4.78, 5) is 25.8. The number of benzene rings is 1. The molecular formula is C15H21Cl2N3O2. The molecule has 1 aliphatic heterocycles. The standard InChI is InChI=1S/C15H20ClN3O2.ClH/c1-15(2,17)9-18-14(21)10-7-13(20)19(8-10)12-5-3-11(16)4-6-12;/h3-6,10H,7-9,17H2,1-2H3,(H,18,21);1H. The van der Waals surface area contributed by atoms with Crippen LogP contribution in [0, 0.1) is 5.92 Å². The molecule has 2 amide bonds. The smallest absolute Gasteiger partial charge is 0.227 e. The molecule has 2 rings (SSSR count). The molecule has 122 valence electrons. The molecule has 3 N–H and O–H groups in total. The summed E-state index contributed by atoms with van der Waals surface area (Å²) in [7, 11) is 0. The molecule has 0 spiro atoms. The number of nitrogens with zero attached hydrogens (tertiary/aromatic N) is 1. The van der Waals surface area contributed by atoms with Crippen LogP contribution in [0.2, 0.25) is 5.02 Å². The Morgan fingerprint density at radius 1 is 1.41 bits per heavy atom. The fraction of sp³-hybridized carbons (Fsp3) is 0.467. The Bertz CT molecular complexity index is 541. The second kappa shape index (κ2) is 7.31. The number of carbonyl (C=O) groups is 2. The topological polar surface area (TPSA) is 75.4 Å². The Labute approximate surface area is 141 Å². The average molecular weight is 346 g/mol. The number of rotatable bonds is 4. The lowest BCUT2D eigenvalue weighted by Gasteiger charge is -2.20. The van der Waals surface area contributed by atoms with Gasteiger partial charge in [0.25, 0.3) is 0 Å². The Morgan fingerprint density at radius 3 is 2.55 bits per heavy atom. The summed E-state index contributed by atoms with van der Waals surface area (Å²) in [6.07, 6.45) is 0.222. The fourth-order valence-corrected chi connectivity index (χ4v) is 2.34. The molecule has 1 heterocycles. The van der Waals surface area contributed by atoms with E-state index in [2.05, 4.69) is 5.32 Å². The number of amides is 2. The van der Waals surface area contributed by atoms with Crippen LogP contribution in [0.5, 0.6) is 0 Å². The van der Waals surface area contributed by atoms with Crippen LogP contribution in [0.3, 0.4) is 0 Å². The van der Waals surface area contributed by atoms with Crippen molar-refractivity contribution in [3.05, 3.63) is 29.3 Å². The Balaban J connectivity index is 0.00000242. The van der Waals surface area contributed by atoms with Crippen LogP contribution in [0.1, 0.15) is 20.3 Å². The van der Waals surface area contributed by atoms with Crippen LogP contribution in [-0.4, -0.2) is 30.4 Å². The molecule has 0 aromatic heterocycles. The van der Waals surface area contributed by atoms with E-state index in [9.17, 15) is 9.59 Å². The molecule has 22 heavy (non-hydrogen) atoms. The van der Waals surface area contributed by atoms with Crippen molar-refractivity contribution in [3.8, 4) is 0 Å². The van der Waals surface area contributed by atoms with E-state index in [1.807, 2.05) is 13.8 Å². The number of halogens is 2. The van der Waals surface area contributed by atoms with Gasteiger partial charge in [0.05, 0.1) is 5.92 Å². The van der Waals surface area contributed by atoms with Gasteiger partial charge in [0, 0.05) is 35.8 Å². The zero-order valence-corrected chi connectivity index (χ0v) is 14.2. The molecule has 0 aliphatic carbocycles. The number of anilines is 1. The van der Waals surface area contributed by atoms with Crippen LogP contribution in [-0.2, 0) is 9.59 Å². The molecule has 7 heteroatoms. The highest BCUT2D eigenvalue weighted by Crippen LogP contribution is 2.26. The Morgan fingerprint density at radius 2 is 2.00 bits per heavy atom. The number of nitrogens with two attached hydrogens (primary N) is 1. The van der Waals surface area contributed by atoms with Gasteiger partial charge in [-0.1, -0.05) is 11.6 Å². The van der Waals surface area contributed by atoms with E-state index in [-0.39, 0.29) is 36.6 Å². The molecular weight excluding hydrogens is 325 g/mol. The van der Waals surface area contributed by atoms with Gasteiger partial charge in [-0.25, -0.2) is 0 Å². The molecule has 1 saturated heterocycles. The van der Waals surface area contributed by atoms with Crippen LogP contribution in [0.4, 0.5) is 5.69 Å². The molecule has 0 bridgehead atoms. The third-order valence-electron chi connectivity index (χ3n) is 3.35. The van der Waals surface area contributed by atoms with E-state index in [0.29, 0.717) is 18.1 Å². The summed E-state index contributed by atoms with van der Waals surface area (Å²) in [5.74, 6) is -0.515. The first-order chi connectivity index (χ1) is 9.76. The number of hydrogen-bond acceptors (Lipinski definition) is 3. The third-order valence-corrected chi connectivity index (χ3v) is 3.60. The SMILES string of the molecule is CC(C)(N)CNC(=O)C1CC(=O)N(c2ccc(Cl)cc2)C1.Cl. The average Bonchev–Trinajstić information content (AvgIpc) is 2.78. The highest BCUT2D eigenvalue weighted by molar-refractivity contribution is 6.30. The molecule has 1 aromatic carbocycles. The summed E-state index contributed by atoms with van der Waals surface area (Å²) in [6, 6.07) is 7.02. The third kappa shape index (κ3) is 4.87. The van der Waals surface area contributed by atoms with Crippen molar-refractivity contribution in [1.82, 2.24) is 5.32 Å².